The van der Waals surface area contributed by atoms with Gasteiger partial charge in [0.15, 0.2) is 5.69 Å². The first kappa shape index (κ1) is 22.3. The van der Waals surface area contributed by atoms with Crippen molar-refractivity contribution in [1.82, 2.24) is 14.9 Å². The van der Waals surface area contributed by atoms with Gasteiger partial charge in [0, 0.05) is 12.1 Å². The predicted octanol–water partition coefficient (Wildman–Crippen LogP) is 4.02. The first-order valence-corrected chi connectivity index (χ1v) is 10.2. The number of carboxylic acids is 1. The van der Waals surface area contributed by atoms with Gasteiger partial charge in [-0.05, 0) is 52.7 Å². The lowest BCUT2D eigenvalue weighted by Gasteiger charge is -2.27. The summed E-state index contributed by atoms with van der Waals surface area (Å²) in [5.74, 6) is -1.15. The van der Waals surface area contributed by atoms with Crippen molar-refractivity contribution >= 4 is 18.0 Å². The van der Waals surface area contributed by atoms with Gasteiger partial charge in [0.25, 0.3) is 0 Å². The molecule has 2 aromatic rings. The fourth-order valence-electron chi connectivity index (χ4n) is 3.47. The van der Waals surface area contributed by atoms with Crippen LogP contribution in [0.15, 0.2) is 24.3 Å². The molecular formula is C22H27N3O6. The molecule has 1 aromatic heterocycles. The van der Waals surface area contributed by atoms with Gasteiger partial charge < -0.3 is 19.6 Å². The topological polar surface area (TPSA) is 122 Å². The van der Waals surface area contributed by atoms with Crippen molar-refractivity contribution in [1.29, 1.82) is 0 Å². The summed E-state index contributed by atoms with van der Waals surface area (Å²) in [6, 6.07) is 5.71. The first-order valence-electron chi connectivity index (χ1n) is 10.2. The molecule has 1 aromatic carbocycles. The summed E-state index contributed by atoms with van der Waals surface area (Å²) in [5.41, 5.74) is 0.583. The molecule has 1 aliphatic rings. The Balaban J connectivity index is 1.98. The molecule has 1 amide bonds. The van der Waals surface area contributed by atoms with Crippen molar-refractivity contribution in [3.8, 4) is 11.3 Å². The van der Waals surface area contributed by atoms with Crippen molar-refractivity contribution in [2.24, 2.45) is 0 Å². The molecule has 0 unspecified atom stereocenters. The van der Waals surface area contributed by atoms with E-state index in [1.165, 1.54) is 12.1 Å². The molecule has 3 rings (SSSR count). The number of carboxylic acid groups (broad SMARTS) is 1. The lowest BCUT2D eigenvalue weighted by Crippen LogP contribution is -2.36. The number of H-pyrrole nitrogens is 1. The maximum absolute atomic E-state index is 12.7. The number of aromatic amines is 1. The number of likely N-dealkylation sites (tertiary alicyclic amines) is 1. The SMILES string of the molecule is CCOC(=O)c1[nH]c([C@@H]2CCCN2C(=O)OC(C)(C)C)nc1-c1ccc(C(=O)O)cc1. The molecule has 1 atom stereocenters. The van der Waals surface area contributed by atoms with Crippen molar-refractivity contribution in [3.63, 3.8) is 0 Å². The molecule has 0 spiro atoms. The van der Waals surface area contributed by atoms with Gasteiger partial charge in [-0.2, -0.15) is 0 Å². The van der Waals surface area contributed by atoms with Gasteiger partial charge in [0.2, 0.25) is 0 Å². The van der Waals surface area contributed by atoms with Gasteiger partial charge in [-0.15, -0.1) is 0 Å². The minimum absolute atomic E-state index is 0.129. The van der Waals surface area contributed by atoms with E-state index in [-0.39, 0.29) is 23.9 Å². The Kier molecular flexibility index (Phi) is 6.33. The third-order valence-corrected chi connectivity index (χ3v) is 4.80. The lowest BCUT2D eigenvalue weighted by atomic mass is 10.1. The molecule has 1 aliphatic heterocycles. The van der Waals surface area contributed by atoms with Crippen molar-refractivity contribution < 1.29 is 29.0 Å². The van der Waals surface area contributed by atoms with Crippen LogP contribution in [0.25, 0.3) is 11.3 Å². The number of benzene rings is 1. The second-order valence-electron chi connectivity index (χ2n) is 8.28. The summed E-state index contributed by atoms with van der Waals surface area (Å²) in [6.07, 6.45) is 1.02. The number of aromatic carboxylic acids is 1. The van der Waals surface area contributed by atoms with Crippen molar-refractivity contribution in [3.05, 3.63) is 41.3 Å². The third kappa shape index (κ3) is 5.04. The lowest BCUT2D eigenvalue weighted by molar-refractivity contribution is 0.0218. The number of aromatic nitrogens is 2. The molecule has 9 nitrogen and oxygen atoms in total. The average Bonchev–Trinajstić information content (AvgIpc) is 3.34. The highest BCUT2D eigenvalue weighted by Gasteiger charge is 2.36. The van der Waals surface area contributed by atoms with Crippen LogP contribution in [0.3, 0.4) is 0 Å². The number of imidazole rings is 1. The molecule has 9 heteroatoms. The fraction of sp³-hybridized carbons (Fsp3) is 0.455. The average molecular weight is 429 g/mol. The molecule has 0 bridgehead atoms. The predicted molar refractivity (Wildman–Crippen MR) is 112 cm³/mol. The van der Waals surface area contributed by atoms with E-state index in [0.717, 1.165) is 6.42 Å². The van der Waals surface area contributed by atoms with Crippen LogP contribution in [-0.4, -0.2) is 56.8 Å². The summed E-state index contributed by atoms with van der Waals surface area (Å²) in [4.78, 5) is 45.6. The van der Waals surface area contributed by atoms with Crippen LogP contribution < -0.4 is 0 Å². The summed E-state index contributed by atoms with van der Waals surface area (Å²) in [7, 11) is 0. The number of amides is 1. The van der Waals surface area contributed by atoms with Gasteiger partial charge in [0.1, 0.15) is 17.1 Å². The van der Waals surface area contributed by atoms with Crippen LogP contribution in [0.2, 0.25) is 0 Å². The number of nitrogens with zero attached hydrogens (tertiary/aromatic N) is 2. The number of carbonyl (C=O) groups excluding carboxylic acids is 2. The summed E-state index contributed by atoms with van der Waals surface area (Å²) in [6.45, 7) is 7.84. The van der Waals surface area contributed by atoms with E-state index >= 15 is 0 Å². The van der Waals surface area contributed by atoms with Crippen LogP contribution in [0.1, 0.15) is 73.2 Å². The van der Waals surface area contributed by atoms with Crippen LogP contribution >= 0.6 is 0 Å². The number of hydrogen-bond donors (Lipinski definition) is 2. The van der Waals surface area contributed by atoms with E-state index in [1.807, 2.05) is 0 Å². The number of ether oxygens (including phenoxy) is 2. The molecule has 0 aliphatic carbocycles. The number of hydrogen-bond acceptors (Lipinski definition) is 6. The van der Waals surface area contributed by atoms with Crippen LogP contribution in [0.4, 0.5) is 4.79 Å². The Labute approximate surface area is 180 Å². The van der Waals surface area contributed by atoms with Crippen molar-refractivity contribution in [2.75, 3.05) is 13.2 Å². The largest absolute Gasteiger partial charge is 0.478 e. The number of carbonyl (C=O) groups is 3. The highest BCUT2D eigenvalue weighted by Crippen LogP contribution is 2.34. The van der Waals surface area contributed by atoms with Gasteiger partial charge in [-0.25, -0.2) is 19.4 Å². The van der Waals surface area contributed by atoms with Crippen molar-refractivity contribution in [2.45, 2.75) is 52.2 Å². The first-order chi connectivity index (χ1) is 14.6. The monoisotopic (exact) mass is 429 g/mol. The maximum Gasteiger partial charge on any atom is 0.410 e. The summed E-state index contributed by atoms with van der Waals surface area (Å²) >= 11 is 0. The summed E-state index contributed by atoms with van der Waals surface area (Å²) < 4.78 is 10.7. The van der Waals surface area contributed by atoms with Crippen LogP contribution in [0.5, 0.6) is 0 Å². The number of nitrogens with one attached hydrogen (secondary N) is 1. The van der Waals surface area contributed by atoms with Gasteiger partial charge in [-0.1, -0.05) is 12.1 Å². The minimum Gasteiger partial charge on any atom is -0.478 e. The Morgan fingerprint density at radius 3 is 2.48 bits per heavy atom. The zero-order chi connectivity index (χ0) is 22.8. The second kappa shape index (κ2) is 8.79. The summed E-state index contributed by atoms with van der Waals surface area (Å²) in [5, 5.41) is 9.12. The Hall–Kier alpha value is -3.36. The molecular weight excluding hydrogens is 402 g/mol. The molecule has 31 heavy (non-hydrogen) atoms. The van der Waals surface area contributed by atoms with Gasteiger partial charge >= 0.3 is 18.0 Å². The van der Waals surface area contributed by atoms with E-state index in [2.05, 4.69) is 9.97 Å². The van der Waals surface area contributed by atoms with Gasteiger partial charge in [-0.3, -0.25) is 4.90 Å². The minimum atomic E-state index is -1.04. The molecule has 166 valence electrons. The molecule has 0 radical (unpaired) electrons. The highest BCUT2D eigenvalue weighted by molar-refractivity contribution is 5.95. The molecule has 2 heterocycles. The Bertz CT molecular complexity index is 974. The van der Waals surface area contributed by atoms with Crippen LogP contribution in [-0.2, 0) is 9.47 Å². The maximum atomic E-state index is 12.7. The Morgan fingerprint density at radius 2 is 1.90 bits per heavy atom. The zero-order valence-electron chi connectivity index (χ0n) is 18.1. The van der Waals surface area contributed by atoms with E-state index < -0.39 is 23.6 Å². The van der Waals surface area contributed by atoms with E-state index in [0.29, 0.717) is 30.0 Å². The zero-order valence-corrected chi connectivity index (χ0v) is 18.1. The van der Waals surface area contributed by atoms with E-state index in [1.54, 1.807) is 44.7 Å². The third-order valence-electron chi connectivity index (χ3n) is 4.80. The number of rotatable bonds is 5. The van der Waals surface area contributed by atoms with Crippen LogP contribution in [0, 0.1) is 0 Å². The fourth-order valence-corrected chi connectivity index (χ4v) is 3.47. The molecule has 1 fully saturated rings. The van der Waals surface area contributed by atoms with E-state index in [4.69, 9.17) is 14.6 Å². The quantitative estimate of drug-likeness (QED) is 0.688. The standard InChI is InChI=1S/C22H27N3O6/c1-5-30-20(28)17-16(13-8-10-14(11-9-13)19(26)27)23-18(24-17)15-7-6-12-25(15)21(29)31-22(2,3)4/h8-11,15H,5-7,12H2,1-4H3,(H,23,24)(H,26,27)/t15-/m0/s1. The molecule has 1 saturated heterocycles. The van der Waals surface area contributed by atoms with Gasteiger partial charge in [0.05, 0.1) is 18.2 Å². The second-order valence-corrected chi connectivity index (χ2v) is 8.28. The highest BCUT2D eigenvalue weighted by atomic mass is 16.6. The number of esters is 1. The van der Waals surface area contributed by atoms with E-state index in [9.17, 15) is 14.4 Å². The molecule has 2 N–H and O–H groups in total. The smallest absolute Gasteiger partial charge is 0.410 e. The molecule has 0 saturated carbocycles. The Morgan fingerprint density at radius 1 is 1.23 bits per heavy atom. The normalized spacial score (nSPS) is 16.3.